The summed E-state index contributed by atoms with van der Waals surface area (Å²) in [7, 11) is 1.55. The van der Waals surface area contributed by atoms with E-state index in [1.54, 1.807) is 7.11 Å². The highest BCUT2D eigenvalue weighted by atomic mass is 79.9. The van der Waals surface area contributed by atoms with Gasteiger partial charge in [-0.05, 0) is 25.8 Å². The number of nitrogens with two attached hydrogens (primary N) is 1. The lowest BCUT2D eigenvalue weighted by Gasteiger charge is -2.17. The topological polar surface area (TPSA) is 55.5 Å². The number of phenols is 1. The van der Waals surface area contributed by atoms with Crippen LogP contribution in [-0.4, -0.2) is 12.2 Å². The van der Waals surface area contributed by atoms with E-state index in [1.165, 1.54) is 0 Å². The number of rotatable bonds is 2. The van der Waals surface area contributed by atoms with Gasteiger partial charge in [-0.2, -0.15) is 0 Å². The number of aromatic hydroxyl groups is 1. The van der Waals surface area contributed by atoms with Crippen LogP contribution in [0, 0.1) is 6.92 Å². The molecule has 0 saturated heterocycles. The SMILES string of the molecule is COc1c(C)c(Br)cc(C2(N)CC2)c1O. The highest BCUT2D eigenvalue weighted by molar-refractivity contribution is 9.10. The maximum atomic E-state index is 10.0. The van der Waals surface area contributed by atoms with Gasteiger partial charge >= 0.3 is 0 Å². The largest absolute Gasteiger partial charge is 0.504 e. The lowest BCUT2D eigenvalue weighted by atomic mass is 10.0. The summed E-state index contributed by atoms with van der Waals surface area (Å²) in [6.45, 7) is 1.89. The Balaban J connectivity index is 2.62. The van der Waals surface area contributed by atoms with Crippen LogP contribution in [0.2, 0.25) is 0 Å². The van der Waals surface area contributed by atoms with Crippen molar-refractivity contribution in [2.24, 2.45) is 5.73 Å². The summed E-state index contributed by atoms with van der Waals surface area (Å²) in [6.07, 6.45) is 1.83. The van der Waals surface area contributed by atoms with E-state index in [4.69, 9.17) is 10.5 Å². The Kier molecular flexibility index (Phi) is 2.43. The van der Waals surface area contributed by atoms with Crippen molar-refractivity contribution in [3.63, 3.8) is 0 Å². The van der Waals surface area contributed by atoms with Crippen LogP contribution in [0.4, 0.5) is 0 Å². The van der Waals surface area contributed by atoms with Crippen LogP contribution in [0.15, 0.2) is 10.5 Å². The molecule has 0 radical (unpaired) electrons. The van der Waals surface area contributed by atoms with Crippen LogP contribution in [0.3, 0.4) is 0 Å². The van der Waals surface area contributed by atoms with E-state index in [0.717, 1.165) is 28.4 Å². The molecule has 1 aromatic carbocycles. The van der Waals surface area contributed by atoms with Crippen molar-refractivity contribution in [2.45, 2.75) is 25.3 Å². The van der Waals surface area contributed by atoms with E-state index < -0.39 is 0 Å². The summed E-state index contributed by atoms with van der Waals surface area (Å²) in [5, 5.41) is 10.0. The predicted octanol–water partition coefficient (Wildman–Crippen LogP) is 2.42. The monoisotopic (exact) mass is 271 g/mol. The third-order valence-corrected chi connectivity index (χ3v) is 3.79. The first kappa shape index (κ1) is 10.8. The van der Waals surface area contributed by atoms with Crippen molar-refractivity contribution >= 4 is 15.9 Å². The molecule has 4 heteroatoms. The van der Waals surface area contributed by atoms with Crippen LogP contribution in [0.1, 0.15) is 24.0 Å². The molecule has 0 unspecified atom stereocenters. The van der Waals surface area contributed by atoms with Gasteiger partial charge in [0.05, 0.1) is 7.11 Å². The zero-order valence-electron chi connectivity index (χ0n) is 8.80. The maximum Gasteiger partial charge on any atom is 0.164 e. The van der Waals surface area contributed by atoms with Gasteiger partial charge in [-0.15, -0.1) is 0 Å². The predicted molar refractivity (Wildman–Crippen MR) is 62.2 cm³/mol. The summed E-state index contributed by atoms with van der Waals surface area (Å²) in [5.74, 6) is 0.689. The van der Waals surface area contributed by atoms with Crippen molar-refractivity contribution in [1.82, 2.24) is 0 Å². The Hall–Kier alpha value is -0.740. The van der Waals surface area contributed by atoms with E-state index in [1.807, 2.05) is 13.0 Å². The first-order valence-corrected chi connectivity index (χ1v) is 5.64. The fraction of sp³-hybridized carbons (Fsp3) is 0.455. The summed E-state index contributed by atoms with van der Waals surface area (Å²) in [6, 6.07) is 1.89. The van der Waals surface area contributed by atoms with E-state index in [9.17, 15) is 5.11 Å². The molecule has 3 nitrogen and oxygen atoms in total. The second-order valence-corrected chi connectivity index (χ2v) is 4.92. The van der Waals surface area contributed by atoms with Gasteiger partial charge in [-0.1, -0.05) is 15.9 Å². The summed E-state index contributed by atoms with van der Waals surface area (Å²) in [5.41, 5.74) is 7.39. The molecule has 82 valence electrons. The molecule has 15 heavy (non-hydrogen) atoms. The minimum absolute atomic E-state index is 0.179. The Morgan fingerprint density at radius 3 is 2.60 bits per heavy atom. The van der Waals surface area contributed by atoms with Crippen LogP contribution in [0.5, 0.6) is 11.5 Å². The number of hydrogen-bond donors (Lipinski definition) is 2. The first-order valence-electron chi connectivity index (χ1n) is 4.85. The number of ether oxygens (including phenoxy) is 1. The number of benzene rings is 1. The molecule has 1 aliphatic rings. The van der Waals surface area contributed by atoms with Crippen molar-refractivity contribution in [2.75, 3.05) is 7.11 Å². The lowest BCUT2D eigenvalue weighted by Crippen LogP contribution is -2.19. The highest BCUT2D eigenvalue weighted by Crippen LogP contribution is 2.50. The molecule has 0 aromatic heterocycles. The average molecular weight is 272 g/mol. The summed E-state index contributed by atoms with van der Waals surface area (Å²) in [4.78, 5) is 0. The molecule has 0 heterocycles. The third-order valence-electron chi connectivity index (χ3n) is 2.97. The molecular formula is C11H14BrNO2. The standard InChI is InChI=1S/C11H14BrNO2/c1-6-8(12)5-7(11(13)3-4-11)9(14)10(6)15-2/h5,14H,3-4,13H2,1-2H3. The minimum atomic E-state index is -0.354. The van der Waals surface area contributed by atoms with Crippen molar-refractivity contribution in [1.29, 1.82) is 0 Å². The fourth-order valence-electron chi connectivity index (χ4n) is 1.75. The molecule has 1 aromatic rings. The second-order valence-electron chi connectivity index (χ2n) is 4.07. The van der Waals surface area contributed by atoms with Crippen molar-refractivity contribution in [3.8, 4) is 11.5 Å². The molecule has 1 saturated carbocycles. The Morgan fingerprint density at radius 1 is 1.53 bits per heavy atom. The van der Waals surface area contributed by atoms with Gasteiger partial charge in [-0.3, -0.25) is 0 Å². The van der Waals surface area contributed by atoms with Crippen molar-refractivity contribution in [3.05, 3.63) is 21.7 Å². The van der Waals surface area contributed by atoms with Gasteiger partial charge in [0.25, 0.3) is 0 Å². The molecule has 0 spiro atoms. The smallest absolute Gasteiger partial charge is 0.164 e. The molecule has 3 N–H and O–H groups in total. The molecule has 1 fully saturated rings. The summed E-state index contributed by atoms with van der Waals surface area (Å²) >= 11 is 3.45. The summed E-state index contributed by atoms with van der Waals surface area (Å²) < 4.78 is 6.10. The molecule has 0 bridgehead atoms. The highest BCUT2D eigenvalue weighted by Gasteiger charge is 2.43. The first-order chi connectivity index (χ1) is 6.99. The molecular weight excluding hydrogens is 258 g/mol. The lowest BCUT2D eigenvalue weighted by molar-refractivity contribution is 0.365. The molecule has 2 rings (SSSR count). The third kappa shape index (κ3) is 1.62. The van der Waals surface area contributed by atoms with Crippen LogP contribution >= 0.6 is 15.9 Å². The second kappa shape index (κ2) is 3.39. The van der Waals surface area contributed by atoms with E-state index in [0.29, 0.717) is 5.75 Å². The van der Waals surface area contributed by atoms with E-state index in [-0.39, 0.29) is 11.3 Å². The number of methoxy groups -OCH3 is 1. The van der Waals surface area contributed by atoms with Gasteiger partial charge in [0, 0.05) is 21.1 Å². The molecule has 0 atom stereocenters. The minimum Gasteiger partial charge on any atom is -0.504 e. The number of hydrogen-bond acceptors (Lipinski definition) is 3. The van der Waals surface area contributed by atoms with Gasteiger partial charge < -0.3 is 15.6 Å². The number of phenolic OH excluding ortho intramolecular Hbond substituents is 1. The van der Waals surface area contributed by atoms with Gasteiger partial charge in [0.2, 0.25) is 0 Å². The Morgan fingerprint density at radius 2 is 2.13 bits per heavy atom. The van der Waals surface area contributed by atoms with E-state index >= 15 is 0 Å². The van der Waals surface area contributed by atoms with E-state index in [2.05, 4.69) is 15.9 Å². The fourth-order valence-corrected chi connectivity index (χ4v) is 2.15. The van der Waals surface area contributed by atoms with Crippen LogP contribution in [-0.2, 0) is 5.54 Å². The molecule has 1 aliphatic carbocycles. The van der Waals surface area contributed by atoms with Gasteiger partial charge in [0.15, 0.2) is 11.5 Å². The number of halogens is 1. The van der Waals surface area contributed by atoms with Crippen LogP contribution < -0.4 is 10.5 Å². The zero-order valence-corrected chi connectivity index (χ0v) is 10.4. The normalized spacial score (nSPS) is 17.6. The molecule has 0 amide bonds. The van der Waals surface area contributed by atoms with Gasteiger partial charge in [-0.25, -0.2) is 0 Å². The zero-order chi connectivity index (χ0) is 11.2. The van der Waals surface area contributed by atoms with Crippen molar-refractivity contribution < 1.29 is 9.84 Å². The quantitative estimate of drug-likeness (QED) is 0.869. The molecule has 0 aliphatic heterocycles. The maximum absolute atomic E-state index is 10.0. The Labute approximate surface area is 97.4 Å². The van der Waals surface area contributed by atoms with Gasteiger partial charge in [0.1, 0.15) is 0 Å². The average Bonchev–Trinajstić information content (AvgIpc) is 2.92. The Bertz CT molecular complexity index is 414. The van der Waals surface area contributed by atoms with Crippen LogP contribution in [0.25, 0.3) is 0 Å².